The van der Waals surface area contributed by atoms with Crippen molar-refractivity contribution in [2.75, 3.05) is 39.3 Å². The maximum absolute atomic E-state index is 13.1. The molecule has 16 nitrogen and oxygen atoms in total. The van der Waals surface area contributed by atoms with Gasteiger partial charge in [-0.25, -0.2) is 9.59 Å². The maximum atomic E-state index is 13.1. The molecule has 0 unspecified atom stereocenters. The van der Waals surface area contributed by atoms with Gasteiger partial charge in [0.2, 0.25) is 11.8 Å². The first kappa shape index (κ1) is 28.4. The van der Waals surface area contributed by atoms with Gasteiger partial charge in [0.1, 0.15) is 12.1 Å². The Hall–Kier alpha value is -2.73. The summed E-state index contributed by atoms with van der Waals surface area (Å²) in [6.07, 6.45) is 4.69. The van der Waals surface area contributed by atoms with Crippen molar-refractivity contribution in [2.24, 2.45) is 0 Å². The van der Waals surface area contributed by atoms with Crippen molar-refractivity contribution >= 4 is 34.3 Å². The fourth-order valence-corrected chi connectivity index (χ4v) is 7.53. The highest BCUT2D eigenvalue weighted by Crippen LogP contribution is 2.34. The van der Waals surface area contributed by atoms with Crippen molar-refractivity contribution in [2.45, 2.75) is 87.6 Å². The van der Waals surface area contributed by atoms with Crippen molar-refractivity contribution in [3.8, 4) is 0 Å². The SMILES string of the molecule is O=C(NC1CCNCC1)[C@@H]1CC[C@@H]2CN1C(=O)N2OS(=O)(=O)ON1C(=O)N2C[C@H]1CC[C@H]2C(=O)NC1CCNCC1. The Morgan fingerprint density at radius 3 is 1.44 bits per heavy atom. The van der Waals surface area contributed by atoms with Crippen LogP contribution in [0.5, 0.6) is 0 Å². The molecule has 6 fully saturated rings. The van der Waals surface area contributed by atoms with Gasteiger partial charge in [0.15, 0.2) is 0 Å². The van der Waals surface area contributed by atoms with E-state index in [1.165, 1.54) is 9.80 Å². The molecule has 41 heavy (non-hydrogen) atoms. The van der Waals surface area contributed by atoms with Gasteiger partial charge in [0.05, 0.1) is 12.1 Å². The molecule has 0 radical (unpaired) electrons. The van der Waals surface area contributed by atoms with E-state index in [4.69, 9.17) is 8.57 Å². The minimum Gasteiger partial charge on any atom is -0.351 e. The van der Waals surface area contributed by atoms with E-state index in [0.29, 0.717) is 25.7 Å². The van der Waals surface area contributed by atoms with Crippen LogP contribution in [0.15, 0.2) is 0 Å². The number of nitrogens with zero attached hydrogens (tertiary/aromatic N) is 4. The molecule has 0 saturated carbocycles. The highest BCUT2D eigenvalue weighted by Gasteiger charge is 2.52. The Morgan fingerprint density at radius 2 is 1.05 bits per heavy atom. The number of nitrogens with one attached hydrogen (secondary N) is 4. The van der Waals surface area contributed by atoms with Gasteiger partial charge in [-0.05, 0) is 77.5 Å². The molecule has 6 aliphatic heterocycles. The molecule has 17 heteroatoms. The molecule has 0 spiro atoms. The van der Waals surface area contributed by atoms with Crippen LogP contribution in [0.3, 0.4) is 0 Å². The third kappa shape index (κ3) is 5.82. The lowest BCUT2D eigenvalue weighted by Gasteiger charge is -2.32. The first-order valence-electron chi connectivity index (χ1n) is 14.6. The zero-order valence-corrected chi connectivity index (χ0v) is 23.6. The zero-order valence-electron chi connectivity index (χ0n) is 22.8. The Labute approximate surface area is 238 Å². The summed E-state index contributed by atoms with van der Waals surface area (Å²) in [6.45, 7) is 3.53. The van der Waals surface area contributed by atoms with E-state index in [1.54, 1.807) is 0 Å². The normalized spacial score (nSPS) is 31.1. The number of rotatable bonds is 8. The van der Waals surface area contributed by atoms with Gasteiger partial charge >= 0.3 is 22.5 Å². The lowest BCUT2D eigenvalue weighted by Crippen LogP contribution is -2.53. The van der Waals surface area contributed by atoms with E-state index in [9.17, 15) is 27.6 Å². The first-order valence-corrected chi connectivity index (χ1v) is 15.9. The number of hydrogen-bond acceptors (Lipinski definition) is 10. The molecule has 6 rings (SSSR count). The number of carbonyl (C=O) groups is 4. The van der Waals surface area contributed by atoms with E-state index >= 15 is 0 Å². The molecule has 4 N–H and O–H groups in total. The highest BCUT2D eigenvalue weighted by atomic mass is 32.3. The van der Waals surface area contributed by atoms with Gasteiger partial charge < -0.3 is 31.1 Å². The van der Waals surface area contributed by atoms with Gasteiger partial charge in [-0.3, -0.25) is 9.59 Å². The second-order valence-electron chi connectivity index (χ2n) is 11.6. The van der Waals surface area contributed by atoms with Gasteiger partial charge in [0, 0.05) is 25.2 Å². The van der Waals surface area contributed by atoms with Crippen molar-refractivity contribution in [3.63, 3.8) is 0 Å². The lowest BCUT2D eigenvalue weighted by molar-refractivity contribution is -0.127. The van der Waals surface area contributed by atoms with E-state index < -0.39 is 46.6 Å². The van der Waals surface area contributed by atoms with Crippen LogP contribution in [0.1, 0.15) is 51.4 Å². The van der Waals surface area contributed by atoms with Crippen LogP contribution in [-0.4, -0.2) is 128 Å². The summed E-state index contributed by atoms with van der Waals surface area (Å²) < 4.78 is 36.0. The van der Waals surface area contributed by atoms with E-state index in [1.807, 2.05) is 0 Å². The summed E-state index contributed by atoms with van der Waals surface area (Å²) in [7, 11) is -4.87. The lowest BCUT2D eigenvalue weighted by atomic mass is 9.99. The minimum atomic E-state index is -4.87. The third-order valence-electron chi connectivity index (χ3n) is 8.97. The second-order valence-corrected chi connectivity index (χ2v) is 12.8. The van der Waals surface area contributed by atoms with E-state index in [2.05, 4.69) is 21.3 Å². The smallest absolute Gasteiger partial charge is 0.351 e. The van der Waals surface area contributed by atoms with Crippen LogP contribution in [0.4, 0.5) is 9.59 Å². The van der Waals surface area contributed by atoms with Gasteiger partial charge in [-0.1, -0.05) is 0 Å². The summed E-state index contributed by atoms with van der Waals surface area (Å²) >= 11 is 0. The van der Waals surface area contributed by atoms with Crippen molar-refractivity contribution < 1.29 is 36.2 Å². The third-order valence-corrected chi connectivity index (χ3v) is 9.65. The second kappa shape index (κ2) is 11.5. The van der Waals surface area contributed by atoms with Crippen LogP contribution in [0.25, 0.3) is 0 Å². The fraction of sp³-hybridized carbons (Fsp3) is 0.833. The topological polar surface area (TPSA) is 182 Å². The molecule has 6 saturated heterocycles. The number of hydroxylamine groups is 4. The predicted octanol–water partition coefficient (Wildman–Crippen LogP) is -1.63. The summed E-state index contributed by atoms with van der Waals surface area (Å²) in [4.78, 5) is 54.8. The molecular formula is C24H38N8O8S. The Balaban J connectivity index is 1.05. The standard InChI is InChI=1S/C24H38N8O8S/c33-21(27-15-5-9-25-10-6-15)19-3-1-17-13-29(19)23(35)31(17)39-41(37,38)40-32-18-2-4-20(30(14-18)24(32)36)22(34)28-16-7-11-26-12-8-16/h15-20,25-26H,1-14H2,(H,27,33)(H,28,34)/t17-,18-,19+,20+/m1/s1. The summed E-state index contributed by atoms with van der Waals surface area (Å²) in [5.74, 6) is -0.514. The van der Waals surface area contributed by atoms with Crippen molar-refractivity contribution in [3.05, 3.63) is 0 Å². The van der Waals surface area contributed by atoms with Gasteiger partial charge in [-0.2, -0.15) is 18.5 Å². The van der Waals surface area contributed by atoms with Crippen LogP contribution in [0, 0.1) is 0 Å². The van der Waals surface area contributed by atoms with Gasteiger partial charge in [0.25, 0.3) is 0 Å². The highest BCUT2D eigenvalue weighted by molar-refractivity contribution is 7.81. The molecule has 6 heterocycles. The molecule has 0 aromatic heterocycles. The number of amides is 6. The Bertz CT molecular complexity index is 1080. The van der Waals surface area contributed by atoms with Crippen LogP contribution in [0.2, 0.25) is 0 Å². The van der Waals surface area contributed by atoms with E-state index in [-0.39, 0.29) is 37.0 Å². The Morgan fingerprint density at radius 1 is 0.659 bits per heavy atom. The fourth-order valence-electron chi connectivity index (χ4n) is 6.74. The molecular weight excluding hydrogens is 560 g/mol. The summed E-state index contributed by atoms with van der Waals surface area (Å²) in [5, 5.41) is 14.0. The summed E-state index contributed by atoms with van der Waals surface area (Å²) in [6, 6.07) is -4.01. The molecule has 0 aromatic rings. The number of urea groups is 2. The van der Waals surface area contributed by atoms with Crippen LogP contribution in [-0.2, 0) is 28.6 Å². The molecule has 6 amide bonds. The number of hydrogen-bond donors (Lipinski definition) is 4. The van der Waals surface area contributed by atoms with Crippen LogP contribution < -0.4 is 21.3 Å². The van der Waals surface area contributed by atoms with Crippen LogP contribution >= 0.6 is 0 Å². The molecule has 4 bridgehead atoms. The maximum Gasteiger partial charge on any atom is 0.442 e. The molecule has 6 aliphatic rings. The molecule has 0 aromatic carbocycles. The number of carbonyl (C=O) groups excluding carboxylic acids is 4. The predicted molar refractivity (Wildman–Crippen MR) is 141 cm³/mol. The average Bonchev–Trinajstić information content (AvgIpc) is 3.33. The molecule has 4 atom stereocenters. The molecule has 0 aliphatic carbocycles. The van der Waals surface area contributed by atoms with Crippen molar-refractivity contribution in [1.82, 2.24) is 41.2 Å². The monoisotopic (exact) mass is 598 g/mol. The van der Waals surface area contributed by atoms with Crippen molar-refractivity contribution in [1.29, 1.82) is 0 Å². The quantitative estimate of drug-likeness (QED) is 0.253. The first-order chi connectivity index (χ1) is 19.7. The zero-order chi connectivity index (χ0) is 28.7. The van der Waals surface area contributed by atoms with E-state index in [0.717, 1.165) is 62.0 Å². The number of fused-ring (bicyclic) bond motifs is 4. The summed E-state index contributed by atoms with van der Waals surface area (Å²) in [5.41, 5.74) is 0. The molecule has 228 valence electrons. The number of piperidine rings is 4. The average molecular weight is 599 g/mol. The van der Waals surface area contributed by atoms with Gasteiger partial charge in [-0.15, -0.1) is 8.57 Å². The Kier molecular flexibility index (Phi) is 7.97. The minimum absolute atomic E-state index is 0.0312. The largest absolute Gasteiger partial charge is 0.442 e.